The summed E-state index contributed by atoms with van der Waals surface area (Å²) in [5.74, 6) is -1.57. The Bertz CT molecular complexity index is 412. The Labute approximate surface area is 85.9 Å². The summed E-state index contributed by atoms with van der Waals surface area (Å²) in [6.07, 6.45) is 3.40. The van der Waals surface area contributed by atoms with Gasteiger partial charge in [-0.2, -0.15) is 0 Å². The quantitative estimate of drug-likeness (QED) is 0.686. The molecule has 0 radical (unpaired) electrons. The monoisotopic (exact) mass is 209 g/mol. The van der Waals surface area contributed by atoms with Gasteiger partial charge in [-0.05, 0) is 0 Å². The van der Waals surface area contributed by atoms with Crippen LogP contribution in [0.3, 0.4) is 0 Å². The van der Waals surface area contributed by atoms with Gasteiger partial charge in [-0.15, -0.1) is 0 Å². The van der Waals surface area contributed by atoms with Gasteiger partial charge in [-0.1, -0.05) is 0 Å². The fourth-order valence-corrected chi connectivity index (χ4v) is 1.88. The Morgan fingerprint density at radius 3 is 3.00 bits per heavy atom. The maximum Gasteiger partial charge on any atom is 0.326 e. The molecule has 0 bridgehead atoms. The van der Waals surface area contributed by atoms with Crippen molar-refractivity contribution in [1.82, 2.24) is 14.9 Å². The van der Waals surface area contributed by atoms with E-state index >= 15 is 0 Å². The van der Waals surface area contributed by atoms with Gasteiger partial charge in [0.2, 0.25) is 5.91 Å². The van der Waals surface area contributed by atoms with Crippen molar-refractivity contribution in [3.63, 3.8) is 0 Å². The minimum absolute atomic E-state index is 0.205. The predicted molar refractivity (Wildman–Crippen MR) is 50.1 cm³/mol. The van der Waals surface area contributed by atoms with Crippen molar-refractivity contribution in [2.24, 2.45) is 7.05 Å². The molecule has 1 aliphatic heterocycles. The molecule has 6 nitrogen and oxygen atoms in total. The maximum absolute atomic E-state index is 11.2. The van der Waals surface area contributed by atoms with E-state index < -0.39 is 12.0 Å². The first-order chi connectivity index (χ1) is 7.09. The van der Waals surface area contributed by atoms with Crippen molar-refractivity contribution in [2.45, 2.75) is 18.4 Å². The number of hydrogen-bond acceptors (Lipinski definition) is 3. The molecule has 0 aliphatic carbocycles. The largest absolute Gasteiger partial charge is 0.480 e. The molecule has 0 aromatic carbocycles. The number of carboxylic acids is 1. The van der Waals surface area contributed by atoms with E-state index in [2.05, 4.69) is 10.3 Å². The van der Waals surface area contributed by atoms with Gasteiger partial charge < -0.3 is 15.0 Å². The van der Waals surface area contributed by atoms with Crippen molar-refractivity contribution in [2.75, 3.05) is 0 Å². The van der Waals surface area contributed by atoms with Crippen molar-refractivity contribution in [3.05, 3.63) is 18.2 Å². The predicted octanol–water partition coefficient (Wildman–Crippen LogP) is -0.523. The van der Waals surface area contributed by atoms with Crippen LogP contribution in [0.25, 0.3) is 0 Å². The van der Waals surface area contributed by atoms with E-state index in [0.29, 0.717) is 0 Å². The minimum Gasteiger partial charge on any atom is -0.480 e. The number of amides is 1. The number of carboxylic acid groups (broad SMARTS) is 1. The summed E-state index contributed by atoms with van der Waals surface area (Å²) in [5.41, 5.74) is 0.765. The van der Waals surface area contributed by atoms with Crippen LogP contribution in [-0.4, -0.2) is 32.6 Å². The second-order valence-electron chi connectivity index (χ2n) is 3.62. The average Bonchev–Trinajstić information content (AvgIpc) is 2.71. The van der Waals surface area contributed by atoms with E-state index in [1.807, 2.05) is 0 Å². The smallest absolute Gasteiger partial charge is 0.326 e. The maximum atomic E-state index is 11.2. The summed E-state index contributed by atoms with van der Waals surface area (Å²) in [4.78, 5) is 26.0. The number of imidazole rings is 1. The van der Waals surface area contributed by atoms with Crippen LogP contribution in [0.5, 0.6) is 0 Å². The molecule has 1 amide bonds. The third kappa shape index (κ3) is 1.58. The lowest BCUT2D eigenvalue weighted by Gasteiger charge is -2.14. The molecule has 1 fully saturated rings. The summed E-state index contributed by atoms with van der Waals surface area (Å²) < 4.78 is 1.74. The fraction of sp³-hybridized carbons (Fsp3) is 0.444. The molecular formula is C9H11N3O3. The molecular weight excluding hydrogens is 198 g/mol. The van der Waals surface area contributed by atoms with Crippen LogP contribution in [0.15, 0.2) is 12.5 Å². The standard InChI is InChI=1S/C9H11N3O3/c1-12-4-10-3-6(12)5-2-7(13)11-8(5)9(14)15/h3-5,8H,2H2,1H3,(H,11,13)(H,14,15). The van der Waals surface area contributed by atoms with Crippen LogP contribution in [0.2, 0.25) is 0 Å². The Kier molecular flexibility index (Phi) is 2.18. The molecule has 0 saturated carbocycles. The summed E-state index contributed by atoms with van der Waals surface area (Å²) in [7, 11) is 1.78. The molecule has 2 unspecified atom stereocenters. The van der Waals surface area contributed by atoms with E-state index in [-0.39, 0.29) is 18.2 Å². The van der Waals surface area contributed by atoms with E-state index in [4.69, 9.17) is 5.11 Å². The van der Waals surface area contributed by atoms with Crippen molar-refractivity contribution in [3.8, 4) is 0 Å². The van der Waals surface area contributed by atoms with Crippen molar-refractivity contribution < 1.29 is 14.7 Å². The van der Waals surface area contributed by atoms with Crippen LogP contribution in [0.1, 0.15) is 18.0 Å². The number of aryl methyl sites for hydroxylation is 1. The van der Waals surface area contributed by atoms with Crippen LogP contribution in [0, 0.1) is 0 Å². The number of hydrogen-bond donors (Lipinski definition) is 2. The van der Waals surface area contributed by atoms with Gasteiger partial charge in [-0.3, -0.25) is 4.79 Å². The topological polar surface area (TPSA) is 84.2 Å². The number of aromatic nitrogens is 2. The Morgan fingerprint density at radius 2 is 2.47 bits per heavy atom. The average molecular weight is 209 g/mol. The van der Waals surface area contributed by atoms with Gasteiger partial charge in [0.15, 0.2) is 0 Å². The van der Waals surface area contributed by atoms with E-state index in [1.54, 1.807) is 24.1 Å². The number of rotatable bonds is 2. The molecule has 0 spiro atoms. The zero-order valence-electron chi connectivity index (χ0n) is 8.17. The molecule has 1 aromatic heterocycles. The lowest BCUT2D eigenvalue weighted by atomic mass is 9.97. The van der Waals surface area contributed by atoms with Crippen molar-refractivity contribution >= 4 is 11.9 Å². The molecule has 1 aromatic rings. The molecule has 2 N–H and O–H groups in total. The molecule has 6 heteroatoms. The van der Waals surface area contributed by atoms with Crippen LogP contribution in [-0.2, 0) is 16.6 Å². The fourth-order valence-electron chi connectivity index (χ4n) is 1.88. The third-order valence-electron chi connectivity index (χ3n) is 2.62. The van der Waals surface area contributed by atoms with Gasteiger partial charge in [0.25, 0.3) is 0 Å². The normalized spacial score (nSPS) is 25.3. The van der Waals surface area contributed by atoms with Crippen LogP contribution >= 0.6 is 0 Å². The van der Waals surface area contributed by atoms with Crippen molar-refractivity contribution in [1.29, 1.82) is 0 Å². The number of carbonyl (C=O) groups excluding carboxylic acids is 1. The zero-order valence-corrected chi connectivity index (χ0v) is 8.17. The summed E-state index contributed by atoms with van der Waals surface area (Å²) in [6, 6.07) is -0.840. The van der Waals surface area contributed by atoms with Crippen LogP contribution in [0.4, 0.5) is 0 Å². The molecule has 2 rings (SSSR count). The SMILES string of the molecule is Cn1cncc1C1CC(=O)NC1C(=O)O. The van der Waals surface area contributed by atoms with Crippen LogP contribution < -0.4 is 5.32 Å². The first-order valence-corrected chi connectivity index (χ1v) is 4.58. The van der Waals surface area contributed by atoms with Gasteiger partial charge in [0.05, 0.1) is 6.33 Å². The highest BCUT2D eigenvalue weighted by molar-refractivity contribution is 5.89. The van der Waals surface area contributed by atoms with Gasteiger partial charge >= 0.3 is 5.97 Å². The number of aliphatic carboxylic acids is 1. The molecule has 1 saturated heterocycles. The second kappa shape index (κ2) is 3.38. The van der Waals surface area contributed by atoms with E-state index in [0.717, 1.165) is 5.69 Å². The Hall–Kier alpha value is -1.85. The molecule has 1 aliphatic rings. The highest BCUT2D eigenvalue weighted by Crippen LogP contribution is 2.27. The molecule has 15 heavy (non-hydrogen) atoms. The highest BCUT2D eigenvalue weighted by atomic mass is 16.4. The highest BCUT2D eigenvalue weighted by Gasteiger charge is 2.39. The van der Waals surface area contributed by atoms with Gasteiger partial charge in [-0.25, -0.2) is 9.78 Å². The first kappa shape index (κ1) is 9.70. The summed E-state index contributed by atoms with van der Waals surface area (Å²) in [6.45, 7) is 0. The Balaban J connectivity index is 2.32. The molecule has 2 atom stereocenters. The van der Waals surface area contributed by atoms with E-state index in [1.165, 1.54) is 0 Å². The lowest BCUT2D eigenvalue weighted by molar-refractivity contribution is -0.140. The zero-order chi connectivity index (χ0) is 11.0. The number of carbonyl (C=O) groups is 2. The second-order valence-corrected chi connectivity index (χ2v) is 3.62. The van der Waals surface area contributed by atoms with E-state index in [9.17, 15) is 9.59 Å². The Morgan fingerprint density at radius 1 is 1.73 bits per heavy atom. The lowest BCUT2D eigenvalue weighted by Crippen LogP contribution is -2.36. The molecule has 80 valence electrons. The molecule has 2 heterocycles. The third-order valence-corrected chi connectivity index (χ3v) is 2.62. The van der Waals surface area contributed by atoms with Gasteiger partial charge in [0.1, 0.15) is 6.04 Å². The number of nitrogens with one attached hydrogen (secondary N) is 1. The number of nitrogens with zero attached hydrogens (tertiary/aromatic N) is 2. The van der Waals surface area contributed by atoms with Gasteiger partial charge in [0, 0.05) is 31.3 Å². The summed E-state index contributed by atoms with van der Waals surface area (Å²) in [5, 5.41) is 11.4. The minimum atomic E-state index is -1.01. The first-order valence-electron chi connectivity index (χ1n) is 4.58. The summed E-state index contributed by atoms with van der Waals surface area (Å²) >= 11 is 0.